The van der Waals surface area contributed by atoms with Crippen LogP contribution in [0.5, 0.6) is 5.75 Å². The first-order valence-electron chi connectivity index (χ1n) is 14.6. The maximum absolute atomic E-state index is 13.0. The van der Waals surface area contributed by atoms with E-state index < -0.39 is 0 Å². The minimum atomic E-state index is -0.327. The molecule has 43 heavy (non-hydrogen) atoms. The van der Waals surface area contributed by atoms with Gasteiger partial charge < -0.3 is 15.3 Å². The SMILES string of the molecule is O=C(Nc1cccc(CCc2ccc(N(Cc3ccccc3)Cc3ccccc3)cc2)c1)c1cc2ccccc2cc1O. The first-order chi connectivity index (χ1) is 21.1. The van der Waals surface area contributed by atoms with E-state index in [-0.39, 0.29) is 17.2 Å². The number of carbonyl (C=O) groups excluding carboxylic acids is 1. The van der Waals surface area contributed by atoms with Gasteiger partial charge in [0.25, 0.3) is 5.91 Å². The third kappa shape index (κ3) is 7.11. The number of phenols is 1. The Labute approximate surface area is 252 Å². The Morgan fingerprint density at radius 3 is 1.77 bits per heavy atom. The molecule has 2 N–H and O–H groups in total. The second-order valence-electron chi connectivity index (χ2n) is 10.9. The summed E-state index contributed by atoms with van der Waals surface area (Å²) in [7, 11) is 0. The van der Waals surface area contributed by atoms with Gasteiger partial charge in [-0.25, -0.2) is 0 Å². The summed E-state index contributed by atoms with van der Waals surface area (Å²) in [4.78, 5) is 15.4. The molecular weight excluding hydrogens is 528 g/mol. The van der Waals surface area contributed by atoms with Gasteiger partial charge in [-0.05, 0) is 82.3 Å². The first-order valence-corrected chi connectivity index (χ1v) is 14.6. The van der Waals surface area contributed by atoms with Crippen molar-refractivity contribution in [3.05, 3.63) is 173 Å². The number of nitrogens with zero attached hydrogens (tertiary/aromatic N) is 1. The van der Waals surface area contributed by atoms with Crippen molar-refractivity contribution >= 4 is 28.1 Å². The Kier molecular flexibility index (Phi) is 8.46. The summed E-state index contributed by atoms with van der Waals surface area (Å²) >= 11 is 0. The van der Waals surface area contributed by atoms with Crippen molar-refractivity contribution in [2.75, 3.05) is 10.2 Å². The van der Waals surface area contributed by atoms with Crippen LogP contribution in [0.1, 0.15) is 32.6 Å². The zero-order chi connectivity index (χ0) is 29.4. The molecule has 0 aliphatic heterocycles. The van der Waals surface area contributed by atoms with E-state index in [1.54, 1.807) is 12.1 Å². The van der Waals surface area contributed by atoms with Crippen LogP contribution in [-0.2, 0) is 25.9 Å². The van der Waals surface area contributed by atoms with E-state index in [4.69, 9.17) is 0 Å². The lowest BCUT2D eigenvalue weighted by Crippen LogP contribution is -2.22. The Morgan fingerprint density at radius 1 is 0.558 bits per heavy atom. The fourth-order valence-corrected chi connectivity index (χ4v) is 5.42. The third-order valence-corrected chi connectivity index (χ3v) is 7.73. The van der Waals surface area contributed by atoms with Crippen molar-refractivity contribution in [2.24, 2.45) is 0 Å². The number of hydrogen-bond acceptors (Lipinski definition) is 3. The van der Waals surface area contributed by atoms with Crippen molar-refractivity contribution in [2.45, 2.75) is 25.9 Å². The summed E-state index contributed by atoms with van der Waals surface area (Å²) < 4.78 is 0. The van der Waals surface area contributed by atoms with Gasteiger partial charge in [0.1, 0.15) is 5.75 Å². The first kappa shape index (κ1) is 27.8. The van der Waals surface area contributed by atoms with Crippen LogP contribution in [0.25, 0.3) is 10.8 Å². The highest BCUT2D eigenvalue weighted by Crippen LogP contribution is 2.26. The van der Waals surface area contributed by atoms with Crippen molar-refractivity contribution in [3.8, 4) is 5.75 Å². The largest absolute Gasteiger partial charge is 0.507 e. The number of aryl methyl sites for hydroxylation is 2. The lowest BCUT2D eigenvalue weighted by molar-refractivity contribution is 0.102. The molecular formula is C39H34N2O2. The molecule has 1 amide bonds. The van der Waals surface area contributed by atoms with Gasteiger partial charge >= 0.3 is 0 Å². The predicted molar refractivity (Wildman–Crippen MR) is 177 cm³/mol. The second-order valence-corrected chi connectivity index (χ2v) is 10.9. The van der Waals surface area contributed by atoms with E-state index in [2.05, 4.69) is 101 Å². The minimum Gasteiger partial charge on any atom is -0.507 e. The Morgan fingerprint density at radius 2 is 1.12 bits per heavy atom. The summed E-state index contributed by atoms with van der Waals surface area (Å²) in [6.45, 7) is 1.68. The van der Waals surface area contributed by atoms with Gasteiger partial charge in [-0.15, -0.1) is 0 Å². The smallest absolute Gasteiger partial charge is 0.259 e. The average Bonchev–Trinajstić information content (AvgIpc) is 3.04. The molecule has 4 heteroatoms. The van der Waals surface area contributed by atoms with Gasteiger partial charge in [0.05, 0.1) is 5.56 Å². The van der Waals surface area contributed by atoms with Gasteiger partial charge in [-0.1, -0.05) is 109 Å². The highest BCUT2D eigenvalue weighted by molar-refractivity contribution is 6.08. The van der Waals surface area contributed by atoms with Gasteiger partial charge in [0.15, 0.2) is 0 Å². The number of benzene rings is 6. The number of aromatic hydroxyl groups is 1. The topological polar surface area (TPSA) is 52.6 Å². The molecule has 4 nitrogen and oxygen atoms in total. The summed E-state index contributed by atoms with van der Waals surface area (Å²) in [5.74, 6) is -0.353. The van der Waals surface area contributed by atoms with Gasteiger partial charge in [0.2, 0.25) is 0 Å². The lowest BCUT2D eigenvalue weighted by Gasteiger charge is -2.25. The van der Waals surface area contributed by atoms with Crippen molar-refractivity contribution < 1.29 is 9.90 Å². The molecule has 0 heterocycles. The zero-order valence-electron chi connectivity index (χ0n) is 24.0. The van der Waals surface area contributed by atoms with E-state index in [0.717, 1.165) is 42.3 Å². The lowest BCUT2D eigenvalue weighted by atomic mass is 10.0. The molecule has 0 aliphatic rings. The van der Waals surface area contributed by atoms with Gasteiger partial charge in [-0.3, -0.25) is 4.79 Å². The minimum absolute atomic E-state index is 0.0260. The number of rotatable bonds is 10. The molecule has 0 unspecified atom stereocenters. The average molecular weight is 563 g/mol. The monoisotopic (exact) mass is 562 g/mol. The summed E-state index contributed by atoms with van der Waals surface area (Å²) in [5.41, 5.74) is 7.13. The van der Waals surface area contributed by atoms with E-state index in [1.165, 1.54) is 22.4 Å². The van der Waals surface area contributed by atoms with E-state index in [1.807, 2.05) is 42.5 Å². The van der Waals surface area contributed by atoms with Crippen molar-refractivity contribution in [1.82, 2.24) is 0 Å². The Bertz CT molecular complexity index is 1770. The molecule has 0 radical (unpaired) electrons. The summed E-state index contributed by atoms with van der Waals surface area (Å²) in [5, 5.41) is 15.2. The molecule has 0 aromatic heterocycles. The van der Waals surface area contributed by atoms with E-state index in [0.29, 0.717) is 5.69 Å². The molecule has 0 aliphatic carbocycles. The van der Waals surface area contributed by atoms with Crippen molar-refractivity contribution in [3.63, 3.8) is 0 Å². The fraction of sp³-hybridized carbons (Fsp3) is 0.103. The number of hydrogen-bond donors (Lipinski definition) is 2. The normalized spacial score (nSPS) is 10.9. The number of phenolic OH excluding ortho intramolecular Hbond substituents is 1. The molecule has 0 saturated carbocycles. The molecule has 0 spiro atoms. The highest BCUT2D eigenvalue weighted by Gasteiger charge is 2.13. The van der Waals surface area contributed by atoms with Crippen LogP contribution in [0.3, 0.4) is 0 Å². The van der Waals surface area contributed by atoms with Crippen LogP contribution in [0.15, 0.2) is 146 Å². The van der Waals surface area contributed by atoms with E-state index in [9.17, 15) is 9.90 Å². The summed E-state index contributed by atoms with van der Waals surface area (Å²) in [6, 6.07) is 49.0. The standard InChI is InChI=1S/C39H34N2O2/c42-38-26-34-16-8-7-15-33(34)25-37(38)39(43)40-35-17-9-14-30(24-35)19-18-29-20-22-36(23-21-29)41(27-31-10-3-1-4-11-31)28-32-12-5-2-6-13-32/h1-17,20-26,42H,18-19,27-28H2,(H,40,43). The molecule has 0 atom stereocenters. The number of nitrogens with one attached hydrogen (secondary N) is 1. The molecule has 0 bridgehead atoms. The Hall–Kier alpha value is -5.35. The van der Waals surface area contributed by atoms with Crippen molar-refractivity contribution in [1.29, 1.82) is 0 Å². The molecule has 0 saturated heterocycles. The zero-order valence-corrected chi connectivity index (χ0v) is 24.0. The number of amides is 1. The van der Waals surface area contributed by atoms with Crippen LogP contribution in [-0.4, -0.2) is 11.0 Å². The van der Waals surface area contributed by atoms with Crippen LogP contribution in [0.4, 0.5) is 11.4 Å². The maximum atomic E-state index is 13.0. The fourth-order valence-electron chi connectivity index (χ4n) is 5.42. The number of anilines is 2. The molecule has 0 fully saturated rings. The molecule has 212 valence electrons. The van der Waals surface area contributed by atoms with Crippen LogP contribution >= 0.6 is 0 Å². The highest BCUT2D eigenvalue weighted by atomic mass is 16.3. The van der Waals surface area contributed by atoms with Crippen LogP contribution < -0.4 is 10.2 Å². The predicted octanol–water partition coefficient (Wildman–Crippen LogP) is 8.79. The third-order valence-electron chi connectivity index (χ3n) is 7.73. The molecule has 6 rings (SSSR count). The van der Waals surface area contributed by atoms with E-state index >= 15 is 0 Å². The summed E-state index contributed by atoms with van der Waals surface area (Å²) in [6.07, 6.45) is 1.74. The number of carbonyl (C=O) groups is 1. The maximum Gasteiger partial charge on any atom is 0.259 e. The second kappa shape index (κ2) is 13.1. The quantitative estimate of drug-likeness (QED) is 0.175. The van der Waals surface area contributed by atoms with Gasteiger partial charge in [0, 0.05) is 24.5 Å². The number of fused-ring (bicyclic) bond motifs is 1. The Balaban J connectivity index is 1.11. The van der Waals surface area contributed by atoms with Gasteiger partial charge in [-0.2, -0.15) is 0 Å². The molecule has 6 aromatic carbocycles. The van der Waals surface area contributed by atoms with Crippen LogP contribution in [0, 0.1) is 0 Å². The van der Waals surface area contributed by atoms with Crippen LogP contribution in [0.2, 0.25) is 0 Å². The molecule has 6 aromatic rings.